The lowest BCUT2D eigenvalue weighted by molar-refractivity contribution is -0.187. The maximum Gasteiger partial charge on any atom is 0.408 e. The van der Waals surface area contributed by atoms with E-state index in [4.69, 9.17) is 0 Å². The first-order valence-electron chi connectivity index (χ1n) is 5.79. The quantitative estimate of drug-likeness (QED) is 0.874. The summed E-state index contributed by atoms with van der Waals surface area (Å²) in [5.74, 6) is -0.142. The zero-order chi connectivity index (χ0) is 13.2. The van der Waals surface area contributed by atoms with Crippen molar-refractivity contribution in [2.45, 2.75) is 12.2 Å². The smallest absolute Gasteiger partial charge is 0.408 e. The van der Waals surface area contributed by atoms with Crippen LogP contribution in [-0.2, 0) is 0 Å². The van der Waals surface area contributed by atoms with Crippen molar-refractivity contribution < 1.29 is 18.3 Å². The highest BCUT2D eigenvalue weighted by Gasteiger charge is 2.44. The van der Waals surface area contributed by atoms with Gasteiger partial charge < -0.3 is 10.4 Å². The van der Waals surface area contributed by atoms with E-state index in [9.17, 15) is 18.3 Å². The summed E-state index contributed by atoms with van der Waals surface area (Å²) in [4.78, 5) is 1.39. The molecule has 0 spiro atoms. The largest absolute Gasteiger partial charge is 0.508 e. The number of phenolic OH excluding ortho intramolecular Hbond substituents is 1. The Morgan fingerprint density at radius 1 is 1.15 bits per heavy atom. The lowest BCUT2D eigenvalue weighted by Crippen LogP contribution is -2.49. The Balaban J connectivity index is 0.00000180. The number of phenols is 1. The van der Waals surface area contributed by atoms with E-state index in [0.29, 0.717) is 26.2 Å². The number of piperazine rings is 1. The summed E-state index contributed by atoms with van der Waals surface area (Å²) in [7, 11) is 0. The molecule has 1 fully saturated rings. The van der Waals surface area contributed by atoms with E-state index in [1.807, 2.05) is 0 Å². The molecule has 1 aromatic rings. The Labute approximate surface area is 128 Å². The second kappa shape index (κ2) is 7.93. The molecule has 0 aromatic heterocycles. The Hall–Kier alpha value is -0.690. The van der Waals surface area contributed by atoms with Crippen LogP contribution in [0.15, 0.2) is 24.3 Å². The molecule has 0 unspecified atom stereocenters. The molecule has 0 bridgehead atoms. The summed E-state index contributed by atoms with van der Waals surface area (Å²) in [6.45, 7) is 1.79. The average molecular weight is 333 g/mol. The van der Waals surface area contributed by atoms with Crippen molar-refractivity contribution in [1.82, 2.24) is 10.2 Å². The number of aromatic hydroxyl groups is 1. The van der Waals surface area contributed by atoms with Crippen molar-refractivity contribution >= 4 is 24.8 Å². The molecule has 1 aromatic carbocycles. The third-order valence-corrected chi connectivity index (χ3v) is 3.01. The summed E-state index contributed by atoms with van der Waals surface area (Å²) >= 11 is 0. The molecule has 1 aliphatic heterocycles. The molecular weight excluding hydrogens is 316 g/mol. The van der Waals surface area contributed by atoms with E-state index in [-0.39, 0.29) is 36.1 Å². The molecule has 0 saturated carbocycles. The third kappa shape index (κ3) is 4.70. The van der Waals surface area contributed by atoms with Gasteiger partial charge in [-0.25, -0.2) is 0 Å². The molecular formula is C12H17Cl2F3N2O. The van der Waals surface area contributed by atoms with E-state index in [2.05, 4.69) is 5.32 Å². The van der Waals surface area contributed by atoms with Gasteiger partial charge in [0.15, 0.2) is 0 Å². The second-order valence-corrected chi connectivity index (χ2v) is 4.33. The molecule has 0 radical (unpaired) electrons. The highest BCUT2D eigenvalue weighted by molar-refractivity contribution is 5.85. The molecule has 2 N–H and O–H groups in total. The highest BCUT2D eigenvalue weighted by atomic mass is 35.5. The first-order valence-corrected chi connectivity index (χ1v) is 5.79. The van der Waals surface area contributed by atoms with Crippen LogP contribution in [-0.4, -0.2) is 42.4 Å². The molecule has 1 heterocycles. The van der Waals surface area contributed by atoms with Gasteiger partial charge in [-0.05, 0) is 17.7 Å². The number of hydrogen-bond donors (Lipinski definition) is 2. The number of nitrogens with one attached hydrogen (secondary N) is 1. The average Bonchev–Trinajstić information content (AvgIpc) is 2.28. The number of rotatable bonds is 2. The monoisotopic (exact) mass is 332 g/mol. The van der Waals surface area contributed by atoms with Crippen LogP contribution in [0.1, 0.15) is 11.6 Å². The maximum absolute atomic E-state index is 13.2. The predicted molar refractivity (Wildman–Crippen MR) is 75.8 cm³/mol. The van der Waals surface area contributed by atoms with Gasteiger partial charge in [0.1, 0.15) is 11.8 Å². The third-order valence-electron chi connectivity index (χ3n) is 3.01. The normalized spacial score (nSPS) is 17.8. The minimum Gasteiger partial charge on any atom is -0.508 e. The molecule has 1 atom stereocenters. The van der Waals surface area contributed by atoms with Gasteiger partial charge in [-0.15, -0.1) is 24.8 Å². The highest BCUT2D eigenvalue weighted by Crippen LogP contribution is 2.38. The second-order valence-electron chi connectivity index (χ2n) is 4.33. The van der Waals surface area contributed by atoms with Crippen LogP contribution >= 0.6 is 24.8 Å². The van der Waals surface area contributed by atoms with Gasteiger partial charge in [0.2, 0.25) is 0 Å². The molecule has 1 aliphatic rings. The van der Waals surface area contributed by atoms with Crippen LogP contribution < -0.4 is 5.32 Å². The summed E-state index contributed by atoms with van der Waals surface area (Å²) in [5.41, 5.74) is 0.0874. The Morgan fingerprint density at radius 3 is 2.25 bits per heavy atom. The van der Waals surface area contributed by atoms with E-state index < -0.39 is 12.2 Å². The fourth-order valence-electron chi connectivity index (χ4n) is 2.24. The molecule has 0 amide bonds. The number of alkyl halides is 3. The van der Waals surface area contributed by atoms with Crippen molar-refractivity contribution in [3.8, 4) is 5.75 Å². The number of nitrogens with zero attached hydrogens (tertiary/aromatic N) is 1. The van der Waals surface area contributed by atoms with Crippen LogP contribution in [0.2, 0.25) is 0 Å². The summed E-state index contributed by atoms with van der Waals surface area (Å²) in [6.07, 6.45) is -4.34. The molecule has 0 aliphatic carbocycles. The van der Waals surface area contributed by atoms with Crippen LogP contribution in [0.3, 0.4) is 0 Å². The van der Waals surface area contributed by atoms with E-state index in [1.54, 1.807) is 0 Å². The number of halogens is 5. The Bertz CT molecular complexity index is 412. The van der Waals surface area contributed by atoms with E-state index in [0.717, 1.165) is 0 Å². The van der Waals surface area contributed by atoms with Crippen molar-refractivity contribution in [3.05, 3.63) is 29.8 Å². The zero-order valence-electron chi connectivity index (χ0n) is 10.6. The van der Waals surface area contributed by atoms with Crippen molar-refractivity contribution in [2.75, 3.05) is 26.2 Å². The number of benzene rings is 1. The van der Waals surface area contributed by atoms with Gasteiger partial charge in [0.25, 0.3) is 0 Å². The lowest BCUT2D eigenvalue weighted by atomic mass is 10.0. The fourth-order valence-corrected chi connectivity index (χ4v) is 2.24. The standard InChI is InChI=1S/C12H15F3N2O.2ClH/c13-12(14,15)11(17-6-4-16-5-7-17)9-2-1-3-10(18)8-9;;/h1-3,8,11,16,18H,4-7H2;2*1H/t11-;;/m1../s1. The van der Waals surface area contributed by atoms with Gasteiger partial charge in [-0.2, -0.15) is 13.2 Å². The molecule has 1 saturated heterocycles. The number of hydrogen-bond acceptors (Lipinski definition) is 3. The predicted octanol–water partition coefficient (Wildman–Crippen LogP) is 2.74. The minimum atomic E-state index is -4.34. The molecule has 3 nitrogen and oxygen atoms in total. The van der Waals surface area contributed by atoms with Gasteiger partial charge >= 0.3 is 6.18 Å². The maximum atomic E-state index is 13.2. The Morgan fingerprint density at radius 2 is 1.75 bits per heavy atom. The zero-order valence-corrected chi connectivity index (χ0v) is 12.2. The van der Waals surface area contributed by atoms with Gasteiger partial charge in [0.05, 0.1) is 0 Å². The first-order chi connectivity index (χ1) is 8.48. The van der Waals surface area contributed by atoms with Crippen LogP contribution in [0.25, 0.3) is 0 Å². The van der Waals surface area contributed by atoms with Crippen LogP contribution in [0.5, 0.6) is 5.75 Å². The Kier molecular flexibility index (Phi) is 7.65. The van der Waals surface area contributed by atoms with Gasteiger partial charge in [0, 0.05) is 26.2 Å². The first kappa shape index (κ1) is 19.3. The van der Waals surface area contributed by atoms with E-state index in [1.165, 1.54) is 29.2 Å². The topological polar surface area (TPSA) is 35.5 Å². The van der Waals surface area contributed by atoms with Crippen LogP contribution in [0, 0.1) is 0 Å². The van der Waals surface area contributed by atoms with Crippen molar-refractivity contribution in [1.29, 1.82) is 0 Å². The van der Waals surface area contributed by atoms with Gasteiger partial charge in [-0.3, -0.25) is 4.90 Å². The molecule has 2 rings (SSSR count). The van der Waals surface area contributed by atoms with Crippen molar-refractivity contribution in [2.24, 2.45) is 0 Å². The minimum absolute atomic E-state index is 0. The molecule has 8 heteroatoms. The van der Waals surface area contributed by atoms with Gasteiger partial charge in [-0.1, -0.05) is 12.1 Å². The summed E-state index contributed by atoms with van der Waals surface area (Å²) < 4.78 is 39.5. The molecule has 20 heavy (non-hydrogen) atoms. The van der Waals surface area contributed by atoms with E-state index >= 15 is 0 Å². The summed E-state index contributed by atoms with van der Waals surface area (Å²) in [6, 6.07) is 3.74. The fraction of sp³-hybridized carbons (Fsp3) is 0.500. The SMILES string of the molecule is Cl.Cl.Oc1cccc([C@@H](N2CCNCC2)C(F)(F)F)c1. The molecule has 116 valence electrons. The lowest BCUT2D eigenvalue weighted by Gasteiger charge is -2.36. The summed E-state index contributed by atoms with van der Waals surface area (Å²) in [5, 5.41) is 12.4. The van der Waals surface area contributed by atoms with Crippen molar-refractivity contribution in [3.63, 3.8) is 0 Å². The van der Waals surface area contributed by atoms with Crippen LogP contribution in [0.4, 0.5) is 13.2 Å².